The van der Waals surface area contributed by atoms with Crippen LogP contribution in [0.1, 0.15) is 25.0 Å². The molecule has 0 unspecified atom stereocenters. The van der Waals surface area contributed by atoms with E-state index in [0.717, 1.165) is 38.7 Å². The van der Waals surface area contributed by atoms with E-state index in [0.29, 0.717) is 17.6 Å². The Labute approximate surface area is 325 Å². The Morgan fingerprint density at radius 2 is 0.964 bits per heavy atom. The number of hydrogen-bond donors (Lipinski definition) is 0. The Balaban J connectivity index is 1.23. The van der Waals surface area contributed by atoms with Crippen LogP contribution in [0, 0.1) is 0 Å². The number of hydrogen-bond acceptors (Lipinski definition) is 3. The molecule has 11 rings (SSSR count). The molecule has 56 heavy (non-hydrogen) atoms. The number of para-hydroxylation sites is 1. The van der Waals surface area contributed by atoms with Crippen LogP contribution >= 0.6 is 0 Å². The molecule has 0 saturated heterocycles. The van der Waals surface area contributed by atoms with Gasteiger partial charge in [-0.1, -0.05) is 190 Å². The largest absolute Gasteiger partial charge is 0.277 e. The molecule has 0 amide bonds. The number of fused-ring (bicyclic) bond motifs is 8. The fourth-order valence-electron chi connectivity index (χ4n) is 8.99. The summed E-state index contributed by atoms with van der Waals surface area (Å²) in [4.78, 5) is 15.8. The Bertz CT molecular complexity index is 3140. The number of benzene rings is 8. The molecule has 0 N–H and O–H groups in total. The van der Waals surface area contributed by atoms with Gasteiger partial charge in [-0.15, -0.1) is 0 Å². The third-order valence-corrected chi connectivity index (χ3v) is 11.7. The molecule has 8 aromatic carbocycles. The van der Waals surface area contributed by atoms with Gasteiger partial charge in [0, 0.05) is 32.9 Å². The maximum Gasteiger partial charge on any atom is 0.238 e. The van der Waals surface area contributed by atoms with Crippen LogP contribution in [0.15, 0.2) is 182 Å². The molecule has 0 bridgehead atoms. The van der Waals surface area contributed by atoms with Gasteiger partial charge in [-0.05, 0) is 55.8 Å². The van der Waals surface area contributed by atoms with E-state index in [1.807, 2.05) is 24.3 Å². The maximum absolute atomic E-state index is 5.36. The summed E-state index contributed by atoms with van der Waals surface area (Å²) in [6.45, 7) is 4.68. The molecule has 0 atom stereocenters. The van der Waals surface area contributed by atoms with Gasteiger partial charge in [-0.3, -0.25) is 4.57 Å². The summed E-state index contributed by atoms with van der Waals surface area (Å²) in [6.07, 6.45) is 0. The van der Waals surface area contributed by atoms with Crippen molar-refractivity contribution >= 4 is 32.6 Å². The summed E-state index contributed by atoms with van der Waals surface area (Å²) in [5.74, 6) is 1.83. The summed E-state index contributed by atoms with van der Waals surface area (Å²) in [7, 11) is 0. The van der Waals surface area contributed by atoms with Crippen LogP contribution in [-0.4, -0.2) is 19.5 Å². The molecule has 0 saturated carbocycles. The first-order valence-electron chi connectivity index (χ1n) is 19.2. The highest BCUT2D eigenvalue weighted by Gasteiger charge is 2.37. The third kappa shape index (κ3) is 4.89. The van der Waals surface area contributed by atoms with Gasteiger partial charge in [-0.25, -0.2) is 4.98 Å². The highest BCUT2D eigenvalue weighted by molar-refractivity contribution is 6.23. The maximum atomic E-state index is 5.36. The van der Waals surface area contributed by atoms with Gasteiger partial charge < -0.3 is 0 Å². The Morgan fingerprint density at radius 3 is 1.75 bits per heavy atom. The Morgan fingerprint density at radius 1 is 0.411 bits per heavy atom. The first-order valence-corrected chi connectivity index (χ1v) is 19.2. The zero-order valence-electron chi connectivity index (χ0n) is 31.1. The molecule has 4 nitrogen and oxygen atoms in total. The van der Waals surface area contributed by atoms with Gasteiger partial charge in [0.15, 0.2) is 11.6 Å². The summed E-state index contributed by atoms with van der Waals surface area (Å²) in [5.41, 5.74) is 13.8. The van der Waals surface area contributed by atoms with E-state index in [9.17, 15) is 0 Å². The lowest BCUT2D eigenvalue weighted by Gasteiger charge is -2.21. The summed E-state index contributed by atoms with van der Waals surface area (Å²) < 4.78 is 2.29. The van der Waals surface area contributed by atoms with Crippen LogP contribution in [0.3, 0.4) is 0 Å². The van der Waals surface area contributed by atoms with Gasteiger partial charge in [-0.2, -0.15) is 9.97 Å². The Hall–Kier alpha value is -7.17. The molecule has 0 spiro atoms. The second kappa shape index (κ2) is 12.4. The number of aromatic nitrogens is 4. The van der Waals surface area contributed by atoms with Crippen LogP contribution < -0.4 is 0 Å². The zero-order valence-corrected chi connectivity index (χ0v) is 31.1. The summed E-state index contributed by atoms with van der Waals surface area (Å²) in [5, 5.41) is 4.74. The van der Waals surface area contributed by atoms with Crippen molar-refractivity contribution in [3.8, 4) is 62.1 Å². The first-order chi connectivity index (χ1) is 27.5. The predicted octanol–water partition coefficient (Wildman–Crippen LogP) is 13.1. The average molecular weight is 717 g/mol. The molecule has 264 valence electrons. The van der Waals surface area contributed by atoms with Crippen molar-refractivity contribution in [3.63, 3.8) is 0 Å². The van der Waals surface area contributed by atoms with E-state index < -0.39 is 0 Å². The lowest BCUT2D eigenvalue weighted by atomic mass is 9.82. The van der Waals surface area contributed by atoms with E-state index in [-0.39, 0.29) is 5.41 Å². The van der Waals surface area contributed by atoms with Crippen LogP contribution in [0.4, 0.5) is 0 Å². The van der Waals surface area contributed by atoms with Crippen molar-refractivity contribution in [1.82, 2.24) is 19.5 Å². The number of nitrogens with zero attached hydrogens (tertiary/aromatic N) is 4. The van der Waals surface area contributed by atoms with E-state index in [4.69, 9.17) is 15.0 Å². The number of rotatable bonds is 5. The zero-order chi connectivity index (χ0) is 37.4. The standard InChI is InChI=1S/C52H36N4/c1-52(2)43-25-12-11-21-41(43)46-39(22-14-26-44(46)52)40-23-13-24-42-47-38-20-10-9-17-35(38)31-32-45(47)56(48(40)42)51-54-49(36-18-7-4-8-19-36)53-50(55-51)37-29-27-34(28-30-37)33-15-5-3-6-16-33/h3-32H,1-2H3. The van der Waals surface area contributed by atoms with Gasteiger partial charge in [0.2, 0.25) is 5.95 Å². The van der Waals surface area contributed by atoms with Gasteiger partial charge >= 0.3 is 0 Å². The van der Waals surface area contributed by atoms with Gasteiger partial charge in [0.1, 0.15) is 0 Å². The third-order valence-electron chi connectivity index (χ3n) is 11.7. The van der Waals surface area contributed by atoms with E-state index in [1.54, 1.807) is 0 Å². The fourth-order valence-corrected chi connectivity index (χ4v) is 8.99. The van der Waals surface area contributed by atoms with Crippen LogP contribution in [0.25, 0.3) is 94.7 Å². The van der Waals surface area contributed by atoms with Crippen molar-refractivity contribution in [2.45, 2.75) is 19.3 Å². The molecule has 0 aliphatic heterocycles. The molecular formula is C52H36N4. The van der Waals surface area contributed by atoms with Crippen molar-refractivity contribution in [3.05, 3.63) is 193 Å². The summed E-state index contributed by atoms with van der Waals surface area (Å²) >= 11 is 0. The fraction of sp³-hybridized carbons (Fsp3) is 0.0577. The molecule has 0 fully saturated rings. The smallest absolute Gasteiger partial charge is 0.238 e. The normalized spacial score (nSPS) is 13.0. The molecule has 0 radical (unpaired) electrons. The van der Waals surface area contributed by atoms with Crippen LogP contribution in [0.5, 0.6) is 0 Å². The quantitative estimate of drug-likeness (QED) is 0.178. The molecule has 4 heteroatoms. The van der Waals surface area contributed by atoms with E-state index in [1.165, 1.54) is 49.5 Å². The lowest BCUT2D eigenvalue weighted by Crippen LogP contribution is -2.14. The molecule has 2 heterocycles. The highest BCUT2D eigenvalue weighted by atomic mass is 15.2. The average Bonchev–Trinajstić information content (AvgIpc) is 3.73. The van der Waals surface area contributed by atoms with Crippen molar-refractivity contribution in [1.29, 1.82) is 0 Å². The van der Waals surface area contributed by atoms with E-state index in [2.05, 4.69) is 176 Å². The predicted molar refractivity (Wildman–Crippen MR) is 231 cm³/mol. The van der Waals surface area contributed by atoms with Gasteiger partial charge in [0.25, 0.3) is 0 Å². The van der Waals surface area contributed by atoms with Crippen molar-refractivity contribution in [2.24, 2.45) is 0 Å². The Kier molecular flexibility index (Phi) is 7.17. The minimum absolute atomic E-state index is 0.123. The minimum atomic E-state index is -0.123. The topological polar surface area (TPSA) is 43.6 Å². The molecule has 1 aliphatic carbocycles. The second-order valence-corrected chi connectivity index (χ2v) is 15.2. The van der Waals surface area contributed by atoms with E-state index >= 15 is 0 Å². The summed E-state index contributed by atoms with van der Waals surface area (Å²) in [6, 6.07) is 64.8. The lowest BCUT2D eigenvalue weighted by molar-refractivity contribution is 0.660. The second-order valence-electron chi connectivity index (χ2n) is 15.2. The highest BCUT2D eigenvalue weighted by Crippen LogP contribution is 2.53. The van der Waals surface area contributed by atoms with Gasteiger partial charge in [0.05, 0.1) is 11.0 Å². The molecular weight excluding hydrogens is 681 g/mol. The van der Waals surface area contributed by atoms with Crippen molar-refractivity contribution < 1.29 is 0 Å². The molecule has 1 aliphatic rings. The van der Waals surface area contributed by atoms with Crippen LogP contribution in [-0.2, 0) is 5.41 Å². The first kappa shape index (κ1) is 32.3. The van der Waals surface area contributed by atoms with Crippen LogP contribution in [0.2, 0.25) is 0 Å². The molecule has 2 aromatic heterocycles. The minimum Gasteiger partial charge on any atom is -0.277 e. The molecule has 10 aromatic rings. The SMILES string of the molecule is CC1(C)c2ccccc2-c2c(-c3cccc4c5c6ccccc6ccc5n(-c5nc(-c6ccccc6)nc(-c6ccc(-c7ccccc7)cc6)n5)c34)cccc21. The van der Waals surface area contributed by atoms with Crippen molar-refractivity contribution in [2.75, 3.05) is 0 Å². The monoisotopic (exact) mass is 716 g/mol.